The summed E-state index contributed by atoms with van der Waals surface area (Å²) in [6.45, 7) is -1.26. The SMILES string of the molecule is CCc1nc(C(=O)NCC2CCC(S(C)(=O)=O)CC2)c(Cl)n1-c1ncc(CCCC(F)(F)F)cc1OC(F)F. The van der Waals surface area contributed by atoms with Crippen molar-refractivity contribution in [3.8, 4) is 11.6 Å². The molecule has 218 valence electrons. The number of imidazole rings is 1. The molecule has 0 radical (unpaired) electrons. The number of amides is 1. The molecule has 1 amide bonds. The highest BCUT2D eigenvalue weighted by atomic mass is 35.5. The first-order valence-electron chi connectivity index (χ1n) is 12.4. The van der Waals surface area contributed by atoms with E-state index in [1.54, 1.807) is 6.92 Å². The number of hydrogen-bond donors (Lipinski definition) is 1. The Labute approximate surface area is 228 Å². The number of carbonyl (C=O) groups is 1. The van der Waals surface area contributed by atoms with Crippen LogP contribution in [0.5, 0.6) is 5.75 Å². The number of ether oxygens (including phenoxy) is 1. The number of nitrogens with zero attached hydrogens (tertiary/aromatic N) is 3. The number of pyridine rings is 1. The minimum atomic E-state index is -4.34. The van der Waals surface area contributed by atoms with Gasteiger partial charge in [-0.15, -0.1) is 0 Å². The lowest BCUT2D eigenvalue weighted by molar-refractivity contribution is -0.135. The maximum Gasteiger partial charge on any atom is 0.389 e. The molecule has 8 nitrogen and oxygen atoms in total. The van der Waals surface area contributed by atoms with Crippen LogP contribution in [0.15, 0.2) is 12.3 Å². The van der Waals surface area contributed by atoms with Crippen LogP contribution in [0.1, 0.15) is 67.3 Å². The van der Waals surface area contributed by atoms with E-state index in [9.17, 15) is 35.2 Å². The molecule has 0 spiro atoms. The van der Waals surface area contributed by atoms with E-state index >= 15 is 0 Å². The van der Waals surface area contributed by atoms with Crippen LogP contribution in [0.3, 0.4) is 0 Å². The fourth-order valence-corrected chi connectivity index (χ4v) is 6.02. The minimum Gasteiger partial charge on any atom is -0.431 e. The zero-order valence-corrected chi connectivity index (χ0v) is 23.0. The van der Waals surface area contributed by atoms with Gasteiger partial charge in [-0.25, -0.2) is 18.4 Å². The van der Waals surface area contributed by atoms with Crippen molar-refractivity contribution in [1.82, 2.24) is 19.9 Å². The van der Waals surface area contributed by atoms with Gasteiger partial charge in [0.2, 0.25) is 0 Å². The van der Waals surface area contributed by atoms with Crippen molar-refractivity contribution in [2.45, 2.75) is 76.3 Å². The van der Waals surface area contributed by atoms with E-state index < -0.39 is 40.7 Å². The van der Waals surface area contributed by atoms with Crippen molar-refractivity contribution in [2.24, 2.45) is 5.92 Å². The van der Waals surface area contributed by atoms with Crippen LogP contribution < -0.4 is 10.1 Å². The van der Waals surface area contributed by atoms with E-state index in [4.69, 9.17) is 11.6 Å². The van der Waals surface area contributed by atoms with E-state index in [0.29, 0.717) is 25.7 Å². The molecule has 3 rings (SSSR count). The maximum absolute atomic E-state index is 13.2. The molecule has 15 heteroatoms. The van der Waals surface area contributed by atoms with Gasteiger partial charge in [-0.2, -0.15) is 22.0 Å². The molecule has 1 aliphatic rings. The zero-order chi connectivity index (χ0) is 29.0. The van der Waals surface area contributed by atoms with Crippen LogP contribution in [-0.2, 0) is 22.7 Å². The third-order valence-electron chi connectivity index (χ3n) is 6.62. The Hall–Kier alpha value is -2.48. The summed E-state index contributed by atoms with van der Waals surface area (Å²) in [6, 6.07) is 1.17. The van der Waals surface area contributed by atoms with Crippen molar-refractivity contribution >= 4 is 27.3 Å². The van der Waals surface area contributed by atoms with Crippen LogP contribution in [0, 0.1) is 5.92 Å². The normalized spacial score (nSPS) is 18.4. The average molecular weight is 601 g/mol. The number of rotatable bonds is 11. The Kier molecular flexibility index (Phi) is 10.2. The van der Waals surface area contributed by atoms with E-state index in [1.807, 2.05) is 0 Å². The standard InChI is InChI=1S/C24H30ClF5N4O4S/c1-3-18-33-19(22(35)32-12-14-6-8-16(9-7-14)39(2,36)37)20(25)34(18)21-17(38-23(26)27)11-15(13-31-21)5-4-10-24(28,29)30/h11,13-14,16,23H,3-10,12H2,1-2H3,(H,32,35). The molecular weight excluding hydrogens is 571 g/mol. The topological polar surface area (TPSA) is 103 Å². The fraction of sp³-hybridized carbons (Fsp3) is 0.625. The van der Waals surface area contributed by atoms with Gasteiger partial charge in [0.05, 0.1) is 5.25 Å². The monoisotopic (exact) mass is 600 g/mol. The Morgan fingerprint density at radius 1 is 1.26 bits per heavy atom. The summed E-state index contributed by atoms with van der Waals surface area (Å²) in [5.74, 6) is -0.884. The summed E-state index contributed by atoms with van der Waals surface area (Å²) in [4.78, 5) is 21.3. The van der Waals surface area contributed by atoms with E-state index in [-0.39, 0.29) is 65.0 Å². The first-order chi connectivity index (χ1) is 18.2. The number of aromatic nitrogens is 3. The first-order valence-corrected chi connectivity index (χ1v) is 14.8. The molecule has 1 saturated carbocycles. The maximum atomic E-state index is 13.2. The Bertz CT molecular complexity index is 1260. The van der Waals surface area contributed by atoms with Gasteiger partial charge >= 0.3 is 12.8 Å². The molecular formula is C24H30ClF5N4O4S. The molecule has 1 N–H and O–H groups in total. The second-order valence-corrected chi connectivity index (χ2v) is 12.2. The molecule has 0 aromatic carbocycles. The summed E-state index contributed by atoms with van der Waals surface area (Å²) in [5, 5.41) is 2.19. The smallest absolute Gasteiger partial charge is 0.389 e. The summed E-state index contributed by atoms with van der Waals surface area (Å²) >= 11 is 6.48. The Morgan fingerprint density at radius 3 is 2.49 bits per heavy atom. The Morgan fingerprint density at radius 2 is 1.92 bits per heavy atom. The average Bonchev–Trinajstić information content (AvgIpc) is 3.17. The molecule has 2 aromatic heterocycles. The lowest BCUT2D eigenvalue weighted by atomic mass is 9.89. The van der Waals surface area contributed by atoms with Crippen LogP contribution in [0.4, 0.5) is 22.0 Å². The number of carbonyl (C=O) groups excluding carboxylic acids is 1. The predicted octanol–water partition coefficient (Wildman–Crippen LogP) is 5.30. The highest BCUT2D eigenvalue weighted by Gasteiger charge is 2.30. The quantitative estimate of drug-likeness (QED) is 0.351. The van der Waals surface area contributed by atoms with Crippen molar-refractivity contribution in [3.63, 3.8) is 0 Å². The molecule has 2 heterocycles. The highest BCUT2D eigenvalue weighted by molar-refractivity contribution is 7.91. The first kappa shape index (κ1) is 31.1. The third-order valence-corrected chi connectivity index (χ3v) is 8.65. The van der Waals surface area contributed by atoms with Gasteiger partial charge in [0.1, 0.15) is 20.8 Å². The number of alkyl halides is 5. The fourth-order valence-electron chi connectivity index (χ4n) is 4.58. The number of aryl methyl sites for hydroxylation is 2. The number of hydrogen-bond acceptors (Lipinski definition) is 6. The molecule has 0 saturated heterocycles. The molecule has 0 bridgehead atoms. The number of sulfone groups is 1. The van der Waals surface area contributed by atoms with Crippen LogP contribution in [-0.4, -0.2) is 59.7 Å². The highest BCUT2D eigenvalue weighted by Crippen LogP contribution is 2.32. The van der Waals surface area contributed by atoms with Crippen LogP contribution in [0.25, 0.3) is 5.82 Å². The number of halogens is 6. The van der Waals surface area contributed by atoms with Crippen molar-refractivity contribution in [2.75, 3.05) is 12.8 Å². The third kappa shape index (κ3) is 8.50. The van der Waals surface area contributed by atoms with Gasteiger partial charge in [-0.1, -0.05) is 18.5 Å². The molecule has 0 aliphatic heterocycles. The second kappa shape index (κ2) is 12.8. The summed E-state index contributed by atoms with van der Waals surface area (Å²) in [6.07, 6.45) is -0.709. The van der Waals surface area contributed by atoms with Crippen molar-refractivity contribution in [3.05, 3.63) is 34.5 Å². The van der Waals surface area contributed by atoms with E-state index in [0.717, 1.165) is 0 Å². The van der Waals surface area contributed by atoms with Gasteiger partial charge in [-0.05, 0) is 56.1 Å². The molecule has 1 aliphatic carbocycles. The largest absolute Gasteiger partial charge is 0.431 e. The lowest BCUT2D eigenvalue weighted by Crippen LogP contribution is -2.34. The van der Waals surface area contributed by atoms with E-state index in [1.165, 1.54) is 23.1 Å². The molecule has 1 fully saturated rings. The van der Waals surface area contributed by atoms with Gasteiger partial charge in [0.15, 0.2) is 17.3 Å². The second-order valence-electron chi connectivity index (χ2n) is 9.55. The van der Waals surface area contributed by atoms with Crippen LogP contribution in [0.2, 0.25) is 5.15 Å². The van der Waals surface area contributed by atoms with Crippen molar-refractivity contribution in [1.29, 1.82) is 0 Å². The van der Waals surface area contributed by atoms with Gasteiger partial charge in [-0.3, -0.25) is 9.36 Å². The number of nitrogens with one attached hydrogen (secondary N) is 1. The van der Waals surface area contributed by atoms with Gasteiger partial charge < -0.3 is 10.1 Å². The molecule has 2 aromatic rings. The molecule has 0 atom stereocenters. The summed E-state index contributed by atoms with van der Waals surface area (Å²) < 4.78 is 93.2. The van der Waals surface area contributed by atoms with Gasteiger partial charge in [0.25, 0.3) is 5.91 Å². The van der Waals surface area contributed by atoms with Crippen molar-refractivity contribution < 1.29 is 39.9 Å². The van der Waals surface area contributed by atoms with Gasteiger partial charge in [0, 0.05) is 31.8 Å². The van der Waals surface area contributed by atoms with E-state index in [2.05, 4.69) is 20.0 Å². The zero-order valence-electron chi connectivity index (χ0n) is 21.4. The van der Waals surface area contributed by atoms with Crippen LogP contribution >= 0.6 is 11.6 Å². The molecule has 0 unspecified atom stereocenters. The minimum absolute atomic E-state index is 0.0650. The summed E-state index contributed by atoms with van der Waals surface area (Å²) in [7, 11) is -3.11. The predicted molar refractivity (Wildman–Crippen MR) is 134 cm³/mol. The lowest BCUT2D eigenvalue weighted by Gasteiger charge is -2.27. The summed E-state index contributed by atoms with van der Waals surface area (Å²) in [5.41, 5.74) is 0.105. The Balaban J connectivity index is 1.79. The molecule has 39 heavy (non-hydrogen) atoms.